The van der Waals surface area contributed by atoms with Crippen molar-refractivity contribution < 1.29 is 0 Å². The normalized spacial score (nSPS) is 25.5. The first-order valence-corrected chi connectivity index (χ1v) is 13.6. The summed E-state index contributed by atoms with van der Waals surface area (Å²) in [6, 6.07) is 18.4. The molecule has 0 aromatic heterocycles. The Morgan fingerprint density at radius 3 is 1.88 bits per heavy atom. The molecule has 2 saturated carbocycles. The van der Waals surface area contributed by atoms with Gasteiger partial charge in [0, 0.05) is 5.56 Å². The molecule has 2 aromatic carbocycles. The molecule has 0 spiro atoms. The smallest absolute Gasteiger partial charge is 0.0249 e. The summed E-state index contributed by atoms with van der Waals surface area (Å²) in [5.41, 5.74) is 5.64. The van der Waals surface area contributed by atoms with Crippen molar-refractivity contribution in [1.29, 1.82) is 0 Å². The Hall–Kier alpha value is -2.26. The van der Waals surface area contributed by atoms with Gasteiger partial charge in [0.25, 0.3) is 0 Å². The highest BCUT2D eigenvalue weighted by atomic mass is 14.3. The Kier molecular flexibility index (Phi) is 8.88. The maximum atomic E-state index is 3.35. The van der Waals surface area contributed by atoms with E-state index in [4.69, 9.17) is 0 Å². The van der Waals surface area contributed by atoms with Gasteiger partial charge in [-0.25, -0.2) is 0 Å². The topological polar surface area (TPSA) is 0 Å². The lowest BCUT2D eigenvalue weighted by Crippen LogP contribution is -2.13. The summed E-state index contributed by atoms with van der Waals surface area (Å²) in [7, 11) is 0. The number of hydrogen-bond donors (Lipinski definition) is 0. The van der Waals surface area contributed by atoms with Gasteiger partial charge in [-0.3, -0.25) is 0 Å². The Balaban J connectivity index is 1.22. The number of aryl methyl sites for hydroxylation is 1. The molecule has 33 heavy (non-hydrogen) atoms. The van der Waals surface area contributed by atoms with E-state index in [1.54, 1.807) is 0 Å². The average molecular weight is 439 g/mol. The second kappa shape index (κ2) is 12.3. The molecule has 0 nitrogen and oxygen atoms in total. The molecule has 2 fully saturated rings. The first kappa shape index (κ1) is 23.9. The zero-order valence-corrected chi connectivity index (χ0v) is 20.9. The van der Waals surface area contributed by atoms with Gasteiger partial charge < -0.3 is 0 Å². The van der Waals surface area contributed by atoms with Crippen LogP contribution in [0.5, 0.6) is 0 Å². The van der Waals surface area contributed by atoms with Crippen LogP contribution < -0.4 is 0 Å². The summed E-state index contributed by atoms with van der Waals surface area (Å²) in [4.78, 5) is 0. The Labute approximate surface area is 202 Å². The largest absolute Gasteiger partial charge is 0.0730 e. The first-order valence-electron chi connectivity index (χ1n) is 13.6. The lowest BCUT2D eigenvalue weighted by Gasteiger charge is -2.28. The Morgan fingerprint density at radius 2 is 1.30 bits per heavy atom. The lowest BCUT2D eigenvalue weighted by molar-refractivity contribution is 0.308. The van der Waals surface area contributed by atoms with Crippen LogP contribution in [0.15, 0.2) is 60.7 Å². The first-order chi connectivity index (χ1) is 16.2. The van der Waals surface area contributed by atoms with Crippen LogP contribution in [0.4, 0.5) is 0 Å². The lowest BCUT2D eigenvalue weighted by atomic mass is 9.77. The van der Waals surface area contributed by atoms with Crippen molar-refractivity contribution in [2.75, 3.05) is 0 Å². The summed E-state index contributed by atoms with van der Waals surface area (Å²) in [6.45, 7) is 4.54. The quantitative estimate of drug-likeness (QED) is 0.394. The van der Waals surface area contributed by atoms with E-state index in [1.165, 1.54) is 80.9 Å². The van der Waals surface area contributed by atoms with Gasteiger partial charge in [-0.1, -0.05) is 81.0 Å². The van der Waals surface area contributed by atoms with E-state index in [-0.39, 0.29) is 0 Å². The molecule has 0 unspecified atom stereocenters. The van der Waals surface area contributed by atoms with Crippen LogP contribution in [0.25, 0.3) is 0 Å². The summed E-state index contributed by atoms with van der Waals surface area (Å²) < 4.78 is 0. The highest BCUT2D eigenvalue weighted by Gasteiger charge is 2.22. The molecular weight excluding hydrogens is 396 g/mol. The van der Waals surface area contributed by atoms with Gasteiger partial charge in [0.1, 0.15) is 0 Å². The predicted octanol–water partition coefficient (Wildman–Crippen LogP) is 9.20. The molecule has 0 N–H and O–H groups in total. The average Bonchev–Trinajstić information content (AvgIpc) is 2.88. The molecule has 174 valence electrons. The molecule has 0 atom stereocenters. The third-order valence-electron chi connectivity index (χ3n) is 8.23. The van der Waals surface area contributed by atoms with Crippen molar-refractivity contribution in [1.82, 2.24) is 0 Å². The van der Waals surface area contributed by atoms with Crippen LogP contribution in [-0.2, 0) is 6.42 Å². The minimum absolute atomic E-state index is 0.690. The fraction of sp³-hybridized carbons (Fsp3) is 0.515. The number of allylic oxidation sites excluding steroid dienone is 2. The number of hydrogen-bond acceptors (Lipinski definition) is 0. The fourth-order valence-electron chi connectivity index (χ4n) is 6.01. The molecule has 2 aromatic rings. The van der Waals surface area contributed by atoms with Crippen LogP contribution in [0, 0.1) is 23.7 Å². The SMILES string of the molecule is CCC[C@H]1CC[C@H](c2ccc(C#C/C=C/[C@H]3CC[C@H](c4ccc(CC)cc4)CC3)cc2)CC1. The molecule has 0 heteroatoms. The second-order valence-electron chi connectivity index (χ2n) is 10.5. The maximum absolute atomic E-state index is 3.35. The van der Waals surface area contributed by atoms with Crippen molar-refractivity contribution in [3.8, 4) is 11.8 Å². The Bertz CT molecular complexity index is 918. The van der Waals surface area contributed by atoms with Gasteiger partial charge >= 0.3 is 0 Å². The second-order valence-corrected chi connectivity index (χ2v) is 10.5. The summed E-state index contributed by atoms with van der Waals surface area (Å²) in [6.07, 6.45) is 19.1. The Morgan fingerprint density at radius 1 is 0.727 bits per heavy atom. The standard InChI is InChI=1S/C33H42/c1-3-7-27-12-20-31(21-13-27)33-24-16-29(17-25-33)9-6-5-8-28-14-22-32(23-15-28)30-18-10-26(4-2)11-19-30/h5,8,10-11,16-19,24-25,27-28,31-32H,3-4,7,12-15,20-23H2,1-2H3/b8-5+/t27-,28-,31-,32-. The molecule has 0 bridgehead atoms. The van der Waals surface area contributed by atoms with Crippen LogP contribution >= 0.6 is 0 Å². The molecule has 0 heterocycles. The third-order valence-corrected chi connectivity index (χ3v) is 8.23. The number of benzene rings is 2. The molecular formula is C33H42. The van der Waals surface area contributed by atoms with Crippen LogP contribution in [0.1, 0.15) is 112 Å². The van der Waals surface area contributed by atoms with E-state index in [0.717, 1.165) is 29.7 Å². The molecule has 2 aliphatic carbocycles. The van der Waals surface area contributed by atoms with E-state index < -0.39 is 0 Å². The highest BCUT2D eigenvalue weighted by Crippen LogP contribution is 2.38. The van der Waals surface area contributed by atoms with Crippen molar-refractivity contribution >= 4 is 0 Å². The van der Waals surface area contributed by atoms with Crippen molar-refractivity contribution in [3.63, 3.8) is 0 Å². The van der Waals surface area contributed by atoms with Gasteiger partial charge in [-0.15, -0.1) is 0 Å². The fourth-order valence-corrected chi connectivity index (χ4v) is 6.01. The van der Waals surface area contributed by atoms with Gasteiger partial charge in [-0.2, -0.15) is 0 Å². The summed E-state index contributed by atoms with van der Waals surface area (Å²) in [5, 5.41) is 0. The monoisotopic (exact) mass is 438 g/mol. The molecule has 0 amide bonds. The van der Waals surface area contributed by atoms with Crippen molar-refractivity contribution in [2.45, 2.75) is 96.3 Å². The van der Waals surface area contributed by atoms with E-state index in [2.05, 4.69) is 86.4 Å². The van der Waals surface area contributed by atoms with Gasteiger partial charge in [0.2, 0.25) is 0 Å². The van der Waals surface area contributed by atoms with Gasteiger partial charge in [-0.05, 0) is 116 Å². The minimum Gasteiger partial charge on any atom is -0.0730 e. The third kappa shape index (κ3) is 6.86. The zero-order valence-electron chi connectivity index (χ0n) is 20.9. The maximum Gasteiger partial charge on any atom is 0.0249 e. The van der Waals surface area contributed by atoms with E-state index in [9.17, 15) is 0 Å². The highest BCUT2D eigenvalue weighted by molar-refractivity contribution is 5.39. The van der Waals surface area contributed by atoms with Crippen LogP contribution in [0.3, 0.4) is 0 Å². The van der Waals surface area contributed by atoms with Crippen LogP contribution in [-0.4, -0.2) is 0 Å². The molecule has 2 aliphatic rings. The van der Waals surface area contributed by atoms with Crippen LogP contribution in [0.2, 0.25) is 0 Å². The van der Waals surface area contributed by atoms with Crippen molar-refractivity contribution in [3.05, 3.63) is 82.9 Å². The predicted molar refractivity (Wildman–Crippen MR) is 143 cm³/mol. The van der Waals surface area contributed by atoms with E-state index in [0.29, 0.717) is 5.92 Å². The number of rotatable bonds is 6. The zero-order chi connectivity index (χ0) is 22.9. The van der Waals surface area contributed by atoms with Crippen molar-refractivity contribution in [2.24, 2.45) is 11.8 Å². The van der Waals surface area contributed by atoms with E-state index in [1.807, 2.05) is 0 Å². The summed E-state index contributed by atoms with van der Waals surface area (Å²) >= 11 is 0. The molecule has 0 saturated heterocycles. The molecule has 4 rings (SSSR count). The van der Waals surface area contributed by atoms with E-state index >= 15 is 0 Å². The van der Waals surface area contributed by atoms with Gasteiger partial charge in [0.05, 0.1) is 0 Å². The molecule has 0 radical (unpaired) electrons. The van der Waals surface area contributed by atoms with Gasteiger partial charge in [0.15, 0.2) is 0 Å². The summed E-state index contributed by atoms with van der Waals surface area (Å²) in [5.74, 6) is 9.81. The molecule has 0 aliphatic heterocycles. The minimum atomic E-state index is 0.690.